The third-order valence-corrected chi connectivity index (χ3v) is 2.60. The third kappa shape index (κ3) is 2.38. The molecule has 0 aliphatic heterocycles. The monoisotopic (exact) mass is 289 g/mol. The second-order valence-electron chi connectivity index (χ2n) is 3.89. The van der Waals surface area contributed by atoms with E-state index >= 15 is 0 Å². The largest absolute Gasteiger partial charge is 0.483 e. The lowest BCUT2D eigenvalue weighted by Gasteiger charge is -2.11. The van der Waals surface area contributed by atoms with Crippen LogP contribution in [0.2, 0.25) is 0 Å². The van der Waals surface area contributed by atoms with Crippen LogP contribution in [0.5, 0.6) is 5.75 Å². The molecular formula is C13H8F5NO. The molecule has 2 nitrogen and oxygen atoms in total. The molecule has 0 bridgehead atoms. The van der Waals surface area contributed by atoms with E-state index in [2.05, 4.69) is 4.74 Å². The number of benzene rings is 2. The van der Waals surface area contributed by atoms with Gasteiger partial charge in [-0.15, -0.1) is 0 Å². The molecule has 0 saturated heterocycles. The maximum atomic E-state index is 13.3. The topological polar surface area (TPSA) is 35.2 Å². The molecule has 0 unspecified atom stereocenters. The third-order valence-electron chi connectivity index (χ3n) is 2.60. The zero-order valence-electron chi connectivity index (χ0n) is 9.89. The van der Waals surface area contributed by atoms with Crippen molar-refractivity contribution in [2.45, 2.75) is 6.61 Å². The minimum absolute atomic E-state index is 0.274. The second kappa shape index (κ2) is 5.36. The Balaban J connectivity index is 2.33. The fourth-order valence-electron chi connectivity index (χ4n) is 1.53. The van der Waals surface area contributed by atoms with Crippen LogP contribution in [-0.4, -0.2) is 0 Å². The number of hydrogen-bond donors (Lipinski definition) is 1. The van der Waals surface area contributed by atoms with Crippen LogP contribution < -0.4 is 10.5 Å². The van der Waals surface area contributed by atoms with E-state index in [0.717, 1.165) is 0 Å². The number of hydrogen-bond acceptors (Lipinski definition) is 2. The lowest BCUT2D eigenvalue weighted by molar-refractivity contribution is 0.254. The Kier molecular flexibility index (Phi) is 3.78. The van der Waals surface area contributed by atoms with Crippen molar-refractivity contribution in [2.75, 3.05) is 5.73 Å². The quantitative estimate of drug-likeness (QED) is 0.406. The van der Waals surface area contributed by atoms with E-state index < -0.39 is 41.4 Å². The Bertz CT molecular complexity index is 630. The van der Waals surface area contributed by atoms with Crippen LogP contribution in [0, 0.1) is 29.1 Å². The lowest BCUT2D eigenvalue weighted by atomic mass is 10.2. The molecule has 7 heteroatoms. The molecule has 20 heavy (non-hydrogen) atoms. The molecule has 0 saturated carbocycles. The Labute approximate surface area is 110 Å². The number of anilines is 1. The second-order valence-corrected chi connectivity index (χ2v) is 3.89. The molecule has 0 aliphatic carbocycles. The van der Waals surface area contributed by atoms with Crippen LogP contribution in [0.15, 0.2) is 24.3 Å². The van der Waals surface area contributed by atoms with Crippen LogP contribution in [-0.2, 0) is 6.61 Å². The van der Waals surface area contributed by atoms with Crippen LogP contribution in [0.25, 0.3) is 0 Å². The summed E-state index contributed by atoms with van der Waals surface area (Å²) in [4.78, 5) is 0. The highest BCUT2D eigenvalue weighted by molar-refractivity contribution is 5.46. The minimum Gasteiger partial charge on any atom is -0.483 e. The summed E-state index contributed by atoms with van der Waals surface area (Å²) in [6.07, 6.45) is 0. The zero-order valence-corrected chi connectivity index (χ0v) is 9.89. The number of nitrogen functional groups attached to an aromatic ring is 1. The smallest absolute Gasteiger partial charge is 0.207 e. The lowest BCUT2D eigenvalue weighted by Crippen LogP contribution is -2.08. The van der Waals surface area contributed by atoms with E-state index in [1.807, 2.05) is 0 Å². The van der Waals surface area contributed by atoms with Gasteiger partial charge in [-0.3, -0.25) is 0 Å². The summed E-state index contributed by atoms with van der Waals surface area (Å²) >= 11 is 0. The number of rotatable bonds is 3. The summed E-state index contributed by atoms with van der Waals surface area (Å²) in [5.74, 6) is -11.7. The van der Waals surface area contributed by atoms with Gasteiger partial charge in [0.05, 0.1) is 0 Å². The van der Waals surface area contributed by atoms with Crippen molar-refractivity contribution in [3.8, 4) is 5.75 Å². The highest BCUT2D eigenvalue weighted by Crippen LogP contribution is 2.30. The van der Waals surface area contributed by atoms with Crippen LogP contribution in [0.1, 0.15) is 5.56 Å². The Hall–Kier alpha value is -2.31. The van der Waals surface area contributed by atoms with Gasteiger partial charge in [-0.2, -0.15) is 8.78 Å². The highest BCUT2D eigenvalue weighted by Gasteiger charge is 2.27. The molecule has 0 aliphatic rings. The van der Waals surface area contributed by atoms with E-state index in [-0.39, 0.29) is 5.69 Å². The molecular weight excluding hydrogens is 281 g/mol. The first kappa shape index (κ1) is 14.1. The molecule has 2 aromatic rings. The zero-order chi connectivity index (χ0) is 14.9. The number of ether oxygens (including phenoxy) is 1. The molecule has 0 amide bonds. The Morgan fingerprint density at radius 3 is 1.85 bits per heavy atom. The van der Waals surface area contributed by atoms with Crippen LogP contribution in [0.3, 0.4) is 0 Å². The van der Waals surface area contributed by atoms with Crippen molar-refractivity contribution in [1.82, 2.24) is 0 Å². The minimum atomic E-state index is -2.23. The van der Waals surface area contributed by atoms with Crippen molar-refractivity contribution in [2.24, 2.45) is 0 Å². The van der Waals surface area contributed by atoms with Gasteiger partial charge in [0.25, 0.3) is 0 Å². The fraction of sp³-hybridized carbons (Fsp3) is 0.0769. The molecule has 2 aromatic carbocycles. The average molecular weight is 289 g/mol. The molecule has 2 N–H and O–H groups in total. The summed E-state index contributed by atoms with van der Waals surface area (Å²) in [5, 5.41) is 0. The summed E-state index contributed by atoms with van der Waals surface area (Å²) in [6, 6.07) is 6.23. The van der Waals surface area contributed by atoms with E-state index in [1.165, 1.54) is 12.1 Å². The van der Waals surface area contributed by atoms with E-state index in [0.29, 0.717) is 5.56 Å². The van der Waals surface area contributed by atoms with E-state index in [4.69, 9.17) is 5.73 Å². The first-order valence-electron chi connectivity index (χ1n) is 5.41. The first-order valence-corrected chi connectivity index (χ1v) is 5.41. The summed E-state index contributed by atoms with van der Waals surface area (Å²) < 4.78 is 70.0. The van der Waals surface area contributed by atoms with Gasteiger partial charge in [-0.1, -0.05) is 18.2 Å². The van der Waals surface area contributed by atoms with Gasteiger partial charge in [0.15, 0.2) is 5.75 Å². The molecule has 2 rings (SSSR count). The molecule has 0 spiro atoms. The molecule has 0 atom stereocenters. The van der Waals surface area contributed by atoms with Gasteiger partial charge < -0.3 is 10.5 Å². The van der Waals surface area contributed by atoms with Gasteiger partial charge in [0.2, 0.25) is 29.1 Å². The highest BCUT2D eigenvalue weighted by atomic mass is 19.2. The number of halogens is 5. The van der Waals surface area contributed by atoms with Gasteiger partial charge in [0.1, 0.15) is 6.61 Å². The predicted octanol–water partition coefficient (Wildman–Crippen LogP) is 3.54. The van der Waals surface area contributed by atoms with Crippen LogP contribution in [0.4, 0.5) is 27.6 Å². The van der Waals surface area contributed by atoms with Crippen LogP contribution >= 0.6 is 0 Å². The summed E-state index contributed by atoms with van der Waals surface area (Å²) in [6.45, 7) is -0.426. The summed E-state index contributed by atoms with van der Waals surface area (Å²) in [7, 11) is 0. The van der Waals surface area contributed by atoms with E-state index in [9.17, 15) is 22.0 Å². The maximum Gasteiger partial charge on any atom is 0.207 e. The standard InChI is InChI=1S/C13H8F5NO/c14-8-9(15)11(17)13(12(18)10(8)16)20-5-6-3-1-2-4-7(6)19/h1-4H,5,19H2. The molecule has 0 heterocycles. The Morgan fingerprint density at radius 1 is 0.800 bits per heavy atom. The predicted molar refractivity (Wildman–Crippen MR) is 61.4 cm³/mol. The normalized spacial score (nSPS) is 10.7. The molecule has 106 valence electrons. The average Bonchev–Trinajstić information content (AvgIpc) is 2.45. The Morgan fingerprint density at radius 2 is 1.30 bits per heavy atom. The van der Waals surface area contributed by atoms with E-state index in [1.54, 1.807) is 12.1 Å². The van der Waals surface area contributed by atoms with Crippen molar-refractivity contribution in [3.63, 3.8) is 0 Å². The van der Waals surface area contributed by atoms with Gasteiger partial charge in [-0.25, -0.2) is 13.2 Å². The maximum absolute atomic E-state index is 13.3. The van der Waals surface area contributed by atoms with Crippen molar-refractivity contribution in [3.05, 3.63) is 58.9 Å². The van der Waals surface area contributed by atoms with Gasteiger partial charge in [-0.05, 0) is 6.07 Å². The van der Waals surface area contributed by atoms with Crippen molar-refractivity contribution in [1.29, 1.82) is 0 Å². The van der Waals surface area contributed by atoms with Crippen molar-refractivity contribution >= 4 is 5.69 Å². The first-order chi connectivity index (χ1) is 9.43. The van der Waals surface area contributed by atoms with Gasteiger partial charge >= 0.3 is 0 Å². The number of nitrogens with two attached hydrogens (primary N) is 1. The molecule has 0 radical (unpaired) electrons. The van der Waals surface area contributed by atoms with Gasteiger partial charge in [0, 0.05) is 11.3 Å². The molecule has 0 fully saturated rings. The molecule has 0 aromatic heterocycles. The van der Waals surface area contributed by atoms with Crippen molar-refractivity contribution < 1.29 is 26.7 Å². The fourth-order valence-corrected chi connectivity index (χ4v) is 1.53. The number of para-hydroxylation sites is 1. The SMILES string of the molecule is Nc1ccccc1COc1c(F)c(F)c(F)c(F)c1F. The summed E-state index contributed by atoms with van der Waals surface area (Å²) in [5.41, 5.74) is 6.20.